The summed E-state index contributed by atoms with van der Waals surface area (Å²) in [5, 5.41) is 13.7. The van der Waals surface area contributed by atoms with Crippen molar-refractivity contribution in [1.29, 1.82) is 0 Å². The summed E-state index contributed by atoms with van der Waals surface area (Å²) in [5.41, 5.74) is 0.997. The van der Waals surface area contributed by atoms with Crippen LogP contribution in [0.15, 0.2) is 0 Å². The van der Waals surface area contributed by atoms with E-state index in [2.05, 4.69) is 39.0 Å². The number of halogens is 1. The van der Waals surface area contributed by atoms with E-state index in [-0.39, 0.29) is 10.7 Å². The summed E-state index contributed by atoms with van der Waals surface area (Å²) < 4.78 is 8.30. The highest BCUT2D eigenvalue weighted by molar-refractivity contribution is 14.1. The second-order valence-corrected chi connectivity index (χ2v) is 12.3. The van der Waals surface area contributed by atoms with Crippen LogP contribution in [0, 0.1) is 10.5 Å². The molecule has 5 nitrogen and oxygen atoms in total. The molecule has 0 amide bonds. The van der Waals surface area contributed by atoms with Gasteiger partial charge >= 0.3 is 5.97 Å². The van der Waals surface area contributed by atoms with Gasteiger partial charge in [-0.1, -0.05) is 20.8 Å². The minimum atomic E-state index is -1.80. The Kier molecular flexibility index (Phi) is 5.42. The highest BCUT2D eigenvalue weighted by Crippen LogP contribution is 2.36. The van der Waals surface area contributed by atoms with Gasteiger partial charge in [-0.15, -0.1) is 0 Å². The lowest BCUT2D eigenvalue weighted by atomic mass is 10.2. The van der Waals surface area contributed by atoms with Crippen molar-refractivity contribution >= 4 is 36.9 Å². The molecule has 7 heteroatoms. The first-order chi connectivity index (χ1) is 8.97. The number of carboxylic acids is 1. The van der Waals surface area contributed by atoms with Crippen LogP contribution >= 0.6 is 22.6 Å². The second-order valence-electron chi connectivity index (χ2n) is 6.39. The average Bonchev–Trinajstić information content (AvgIpc) is 2.52. The molecule has 1 N–H and O–H groups in total. The van der Waals surface area contributed by atoms with Gasteiger partial charge in [0.05, 0.1) is 22.4 Å². The zero-order chi connectivity index (χ0) is 15.7. The first kappa shape index (κ1) is 17.6. The summed E-state index contributed by atoms with van der Waals surface area (Å²) in [6.45, 7) is 13.7. The predicted molar refractivity (Wildman–Crippen MR) is 89.8 cm³/mol. The van der Waals surface area contributed by atoms with Gasteiger partial charge < -0.3 is 9.53 Å². The third kappa shape index (κ3) is 3.82. The van der Waals surface area contributed by atoms with Crippen molar-refractivity contribution in [2.75, 3.05) is 6.61 Å². The lowest BCUT2D eigenvalue weighted by Gasteiger charge is -2.36. The molecule has 1 rings (SSSR count). The van der Waals surface area contributed by atoms with Crippen LogP contribution in [0.4, 0.5) is 0 Å². The molecule has 0 bridgehead atoms. The third-order valence-corrected chi connectivity index (χ3v) is 9.66. The molecule has 0 aromatic carbocycles. The molecule has 114 valence electrons. The normalized spacial score (nSPS) is 12.8. The second kappa shape index (κ2) is 6.14. The van der Waals surface area contributed by atoms with Crippen molar-refractivity contribution in [2.45, 2.75) is 52.4 Å². The first-order valence-corrected chi connectivity index (χ1v) is 10.6. The summed E-state index contributed by atoms with van der Waals surface area (Å²) >= 11 is 2.03. The maximum Gasteiger partial charge on any atom is 0.355 e. The van der Waals surface area contributed by atoms with Crippen LogP contribution in [0.1, 0.15) is 37.0 Å². The minimum Gasteiger partial charge on any atom is -0.476 e. The lowest BCUT2D eigenvalue weighted by Crippen LogP contribution is -2.41. The van der Waals surface area contributed by atoms with Gasteiger partial charge in [-0.25, -0.2) is 4.79 Å². The van der Waals surface area contributed by atoms with Gasteiger partial charge in [-0.05, 0) is 47.6 Å². The topological polar surface area (TPSA) is 64.4 Å². The van der Waals surface area contributed by atoms with Crippen molar-refractivity contribution in [1.82, 2.24) is 9.78 Å². The highest BCUT2D eigenvalue weighted by Gasteiger charge is 2.37. The number of hydrogen-bond acceptors (Lipinski definition) is 3. The number of carbonyl (C=O) groups is 1. The SMILES string of the molecule is Cc1nn(CCO[Si](C)(C)C(C)(C)C)c(C(=O)O)c1I. The Bertz CT molecular complexity index is 506. The lowest BCUT2D eigenvalue weighted by molar-refractivity contribution is 0.0680. The minimum absolute atomic E-state index is 0.150. The summed E-state index contributed by atoms with van der Waals surface area (Å²) in [5.74, 6) is -0.942. The molecular formula is C13H23IN2O3Si. The zero-order valence-electron chi connectivity index (χ0n) is 13.0. The first-order valence-electron chi connectivity index (χ1n) is 6.57. The number of aromatic carboxylic acids is 1. The van der Waals surface area contributed by atoms with E-state index >= 15 is 0 Å². The van der Waals surface area contributed by atoms with Crippen LogP contribution in [0.3, 0.4) is 0 Å². The number of hydrogen-bond donors (Lipinski definition) is 1. The maximum atomic E-state index is 11.3. The highest BCUT2D eigenvalue weighted by atomic mass is 127. The van der Waals surface area contributed by atoms with E-state index < -0.39 is 14.3 Å². The summed E-state index contributed by atoms with van der Waals surface area (Å²) in [7, 11) is -1.80. The van der Waals surface area contributed by atoms with Gasteiger partial charge in [-0.2, -0.15) is 5.10 Å². The summed E-state index contributed by atoms with van der Waals surface area (Å²) in [6, 6.07) is 0. The smallest absolute Gasteiger partial charge is 0.355 e. The molecule has 0 unspecified atom stereocenters. The van der Waals surface area contributed by atoms with Crippen LogP contribution < -0.4 is 0 Å². The number of rotatable bonds is 5. The molecule has 1 aromatic rings. The van der Waals surface area contributed by atoms with E-state index in [9.17, 15) is 9.90 Å². The molecule has 0 aliphatic heterocycles. The molecule has 0 radical (unpaired) electrons. The van der Waals surface area contributed by atoms with Gasteiger partial charge in [0.15, 0.2) is 14.0 Å². The van der Waals surface area contributed by atoms with E-state index in [1.54, 1.807) is 0 Å². The number of aromatic nitrogens is 2. The largest absolute Gasteiger partial charge is 0.476 e. The van der Waals surface area contributed by atoms with Crippen molar-refractivity contribution in [3.8, 4) is 0 Å². The standard InChI is InChI=1S/C13H23IN2O3Si/c1-9-10(14)11(12(17)18)16(15-9)7-8-19-20(5,6)13(2,3)4/h7-8H2,1-6H3,(H,17,18). The van der Waals surface area contributed by atoms with Crippen LogP contribution in [0.2, 0.25) is 18.1 Å². The molecule has 1 aromatic heterocycles. The van der Waals surface area contributed by atoms with E-state index in [1.807, 2.05) is 29.5 Å². The van der Waals surface area contributed by atoms with Crippen molar-refractivity contribution in [3.05, 3.63) is 15.0 Å². The molecule has 0 saturated carbocycles. The van der Waals surface area contributed by atoms with Crippen LogP contribution in [0.25, 0.3) is 0 Å². The Morgan fingerprint density at radius 1 is 1.45 bits per heavy atom. The molecule has 20 heavy (non-hydrogen) atoms. The van der Waals surface area contributed by atoms with Gasteiger partial charge in [0.25, 0.3) is 0 Å². The van der Waals surface area contributed by atoms with Gasteiger partial charge in [0.2, 0.25) is 0 Å². The average molecular weight is 410 g/mol. The fourth-order valence-corrected chi connectivity index (χ4v) is 3.18. The Balaban J connectivity index is 2.78. The van der Waals surface area contributed by atoms with Crippen LogP contribution in [0.5, 0.6) is 0 Å². The Hall–Kier alpha value is -0.413. The Morgan fingerprint density at radius 3 is 2.45 bits per heavy atom. The van der Waals surface area contributed by atoms with Crippen LogP contribution in [-0.4, -0.2) is 35.8 Å². The number of carboxylic acid groups (broad SMARTS) is 1. The predicted octanol–water partition coefficient (Wildman–Crippen LogP) is 3.52. The molecule has 0 spiro atoms. The quantitative estimate of drug-likeness (QED) is 0.596. The summed E-state index contributed by atoms with van der Waals surface area (Å²) in [6.07, 6.45) is 0. The van der Waals surface area contributed by atoms with Gasteiger partial charge in [0.1, 0.15) is 0 Å². The van der Waals surface area contributed by atoms with E-state index in [0.717, 1.165) is 5.69 Å². The Labute approximate surface area is 135 Å². The monoisotopic (exact) mass is 410 g/mol. The zero-order valence-corrected chi connectivity index (χ0v) is 16.1. The van der Waals surface area contributed by atoms with Crippen molar-refractivity contribution < 1.29 is 14.3 Å². The molecule has 1 heterocycles. The third-order valence-electron chi connectivity index (χ3n) is 3.83. The fourth-order valence-electron chi connectivity index (χ4n) is 1.53. The molecule has 0 fully saturated rings. The molecular weight excluding hydrogens is 387 g/mol. The fraction of sp³-hybridized carbons (Fsp3) is 0.692. The van der Waals surface area contributed by atoms with Crippen LogP contribution in [-0.2, 0) is 11.0 Å². The molecule has 0 aliphatic carbocycles. The Morgan fingerprint density at radius 2 is 2.00 bits per heavy atom. The molecule has 0 aliphatic rings. The van der Waals surface area contributed by atoms with Crippen molar-refractivity contribution in [3.63, 3.8) is 0 Å². The van der Waals surface area contributed by atoms with Gasteiger partial charge in [0, 0.05) is 0 Å². The van der Waals surface area contributed by atoms with E-state index in [0.29, 0.717) is 16.7 Å². The van der Waals surface area contributed by atoms with E-state index in [4.69, 9.17) is 4.43 Å². The van der Waals surface area contributed by atoms with E-state index in [1.165, 1.54) is 4.68 Å². The van der Waals surface area contributed by atoms with Gasteiger partial charge in [-0.3, -0.25) is 4.68 Å². The molecule has 0 saturated heterocycles. The number of nitrogens with zero attached hydrogens (tertiary/aromatic N) is 2. The molecule has 0 atom stereocenters. The maximum absolute atomic E-state index is 11.3. The van der Waals surface area contributed by atoms with Crippen molar-refractivity contribution in [2.24, 2.45) is 0 Å². The number of aryl methyl sites for hydroxylation is 1. The summed E-state index contributed by atoms with van der Waals surface area (Å²) in [4.78, 5) is 11.3.